The molecule has 3 amide bonds. The molecule has 11 heteroatoms. The molecule has 11 nitrogen and oxygen atoms in total. The lowest BCUT2D eigenvalue weighted by atomic mass is 9.98. The third-order valence-corrected chi connectivity index (χ3v) is 6.90. The van der Waals surface area contributed by atoms with Gasteiger partial charge in [-0.05, 0) is 53.6 Å². The fraction of sp³-hybridized carbons (Fsp3) is 0.467. The highest BCUT2D eigenvalue weighted by Crippen LogP contribution is 2.15. The minimum atomic E-state index is -1.20. The number of carboxylic acid groups (broad SMARTS) is 1. The van der Waals surface area contributed by atoms with Crippen LogP contribution in [-0.4, -0.2) is 63.2 Å². The Morgan fingerprint density at radius 2 is 1.10 bits per heavy atom. The number of phenolic OH excluding ortho intramolecular Hbond substituents is 2. The summed E-state index contributed by atoms with van der Waals surface area (Å²) in [6, 6.07) is 7.85. The minimum absolute atomic E-state index is 0.00186. The van der Waals surface area contributed by atoms with E-state index in [0.29, 0.717) is 17.5 Å². The number of carboxylic acids is 1. The van der Waals surface area contributed by atoms with Crippen molar-refractivity contribution in [3.05, 3.63) is 59.7 Å². The fourth-order valence-electron chi connectivity index (χ4n) is 4.17. The van der Waals surface area contributed by atoms with Gasteiger partial charge in [0.05, 0.1) is 6.04 Å². The lowest BCUT2D eigenvalue weighted by Crippen LogP contribution is -2.58. The summed E-state index contributed by atoms with van der Waals surface area (Å²) in [5.74, 6) is -3.19. The van der Waals surface area contributed by atoms with Crippen molar-refractivity contribution in [2.45, 2.75) is 77.5 Å². The Morgan fingerprint density at radius 3 is 1.46 bits per heavy atom. The Kier molecular flexibility index (Phi) is 12.6. The van der Waals surface area contributed by atoms with Gasteiger partial charge in [0.1, 0.15) is 29.6 Å². The van der Waals surface area contributed by atoms with Crippen LogP contribution in [0.2, 0.25) is 0 Å². The molecular weight excluding hydrogens is 528 g/mol. The van der Waals surface area contributed by atoms with Crippen LogP contribution in [0.25, 0.3) is 0 Å². The Balaban J connectivity index is 2.35. The van der Waals surface area contributed by atoms with Crippen LogP contribution in [0, 0.1) is 11.8 Å². The van der Waals surface area contributed by atoms with E-state index in [0.717, 1.165) is 0 Å². The second-order valence-corrected chi connectivity index (χ2v) is 10.8. The zero-order valence-corrected chi connectivity index (χ0v) is 24.0. The van der Waals surface area contributed by atoms with Gasteiger partial charge in [-0.25, -0.2) is 4.79 Å². The molecule has 0 heterocycles. The van der Waals surface area contributed by atoms with Crippen molar-refractivity contribution in [3.8, 4) is 11.5 Å². The van der Waals surface area contributed by atoms with E-state index >= 15 is 0 Å². The van der Waals surface area contributed by atoms with Crippen LogP contribution >= 0.6 is 0 Å². The van der Waals surface area contributed by atoms with E-state index < -0.39 is 47.9 Å². The number of nitrogens with one attached hydrogen (secondary N) is 3. The number of carbonyl (C=O) groups excluding carboxylic acids is 3. The molecule has 0 fully saturated rings. The van der Waals surface area contributed by atoms with E-state index in [9.17, 15) is 34.5 Å². The summed E-state index contributed by atoms with van der Waals surface area (Å²) in [7, 11) is 0. The van der Waals surface area contributed by atoms with Crippen LogP contribution in [0.1, 0.15) is 51.7 Å². The summed E-state index contributed by atoms with van der Waals surface area (Å²) in [6.07, 6.45) is 0.884. The number of amides is 3. The summed E-state index contributed by atoms with van der Waals surface area (Å²) in [6.45, 7) is 7.39. The van der Waals surface area contributed by atoms with Gasteiger partial charge < -0.3 is 37.0 Å². The molecule has 0 aliphatic heterocycles. The van der Waals surface area contributed by atoms with Gasteiger partial charge in [0.15, 0.2) is 0 Å². The maximum Gasteiger partial charge on any atom is 0.326 e. The molecule has 0 saturated carbocycles. The maximum absolute atomic E-state index is 13.6. The van der Waals surface area contributed by atoms with Crippen molar-refractivity contribution >= 4 is 23.7 Å². The molecule has 0 spiro atoms. The molecule has 224 valence electrons. The first-order chi connectivity index (χ1) is 19.3. The monoisotopic (exact) mass is 570 g/mol. The summed E-state index contributed by atoms with van der Waals surface area (Å²) in [5.41, 5.74) is 7.35. The first kappa shape index (κ1) is 33.1. The molecule has 0 aliphatic rings. The number of phenols is 2. The summed E-state index contributed by atoms with van der Waals surface area (Å²) < 4.78 is 0. The summed E-state index contributed by atoms with van der Waals surface area (Å²) >= 11 is 0. The third kappa shape index (κ3) is 10.8. The van der Waals surface area contributed by atoms with Crippen LogP contribution < -0.4 is 21.7 Å². The standard InChI is InChI=1S/C30H42N4O7/c1-5-18(4)26(31)29(39)33-24(16-20-8-12-22(36)13-9-20)27(37)32-23(15-19-6-10-21(35)11-7-19)28(38)34-25(30(40)41)14-17(2)3/h6-13,17-18,23-26,35-36H,5,14-16,31H2,1-4H3,(H,32,37)(H,33,39)(H,34,38)(H,40,41). The second kappa shape index (κ2) is 15.6. The van der Waals surface area contributed by atoms with Crippen LogP contribution in [-0.2, 0) is 32.0 Å². The predicted molar refractivity (Wildman–Crippen MR) is 154 cm³/mol. The van der Waals surface area contributed by atoms with E-state index in [1.807, 2.05) is 27.7 Å². The molecule has 2 aromatic rings. The van der Waals surface area contributed by atoms with Gasteiger partial charge in [-0.2, -0.15) is 0 Å². The average molecular weight is 571 g/mol. The molecule has 8 N–H and O–H groups in total. The highest BCUT2D eigenvalue weighted by atomic mass is 16.4. The number of aromatic hydroxyl groups is 2. The zero-order chi connectivity index (χ0) is 30.7. The van der Waals surface area contributed by atoms with E-state index in [1.165, 1.54) is 24.3 Å². The smallest absolute Gasteiger partial charge is 0.326 e. The average Bonchev–Trinajstić information content (AvgIpc) is 2.92. The molecular formula is C30H42N4O7. The van der Waals surface area contributed by atoms with Gasteiger partial charge >= 0.3 is 5.97 Å². The molecule has 2 rings (SSSR count). The van der Waals surface area contributed by atoms with Crippen molar-refractivity contribution in [1.82, 2.24) is 16.0 Å². The van der Waals surface area contributed by atoms with Crippen LogP contribution in [0.15, 0.2) is 48.5 Å². The normalized spacial score (nSPS) is 14.8. The Bertz CT molecular complexity index is 1170. The summed E-state index contributed by atoms with van der Waals surface area (Å²) in [5, 5.41) is 36.8. The van der Waals surface area contributed by atoms with Crippen LogP contribution in [0.3, 0.4) is 0 Å². The van der Waals surface area contributed by atoms with Gasteiger partial charge in [0.25, 0.3) is 0 Å². The SMILES string of the molecule is CCC(C)C(N)C(=O)NC(Cc1ccc(O)cc1)C(=O)NC(Cc1ccc(O)cc1)C(=O)NC(CC(C)C)C(=O)O. The quantitative estimate of drug-likeness (QED) is 0.169. The van der Waals surface area contributed by atoms with Crippen molar-refractivity contribution in [1.29, 1.82) is 0 Å². The van der Waals surface area contributed by atoms with Gasteiger partial charge in [-0.1, -0.05) is 58.4 Å². The molecule has 0 saturated heterocycles. The second-order valence-electron chi connectivity index (χ2n) is 10.8. The Morgan fingerprint density at radius 1 is 0.707 bits per heavy atom. The van der Waals surface area contributed by atoms with Crippen molar-refractivity contribution in [2.75, 3.05) is 0 Å². The van der Waals surface area contributed by atoms with Crippen LogP contribution in [0.5, 0.6) is 11.5 Å². The molecule has 5 unspecified atom stereocenters. The molecule has 5 atom stereocenters. The molecule has 0 radical (unpaired) electrons. The number of rotatable bonds is 15. The Hall–Kier alpha value is -4.12. The number of nitrogens with two attached hydrogens (primary N) is 1. The molecule has 41 heavy (non-hydrogen) atoms. The lowest BCUT2D eigenvalue weighted by Gasteiger charge is -2.26. The number of benzene rings is 2. The number of aliphatic carboxylic acids is 1. The molecule has 0 aliphatic carbocycles. The van der Waals surface area contributed by atoms with Crippen LogP contribution in [0.4, 0.5) is 0 Å². The highest BCUT2D eigenvalue weighted by Gasteiger charge is 2.31. The van der Waals surface area contributed by atoms with E-state index in [4.69, 9.17) is 5.73 Å². The minimum Gasteiger partial charge on any atom is -0.508 e. The van der Waals surface area contributed by atoms with E-state index in [-0.39, 0.29) is 42.6 Å². The number of carbonyl (C=O) groups is 4. The molecule has 0 bridgehead atoms. The van der Waals surface area contributed by atoms with E-state index in [2.05, 4.69) is 16.0 Å². The largest absolute Gasteiger partial charge is 0.508 e. The fourth-order valence-corrected chi connectivity index (χ4v) is 4.17. The number of hydrogen-bond acceptors (Lipinski definition) is 7. The maximum atomic E-state index is 13.6. The molecule has 0 aromatic heterocycles. The zero-order valence-electron chi connectivity index (χ0n) is 24.0. The van der Waals surface area contributed by atoms with Gasteiger partial charge in [-0.3, -0.25) is 14.4 Å². The van der Waals surface area contributed by atoms with Crippen molar-refractivity contribution in [3.63, 3.8) is 0 Å². The number of hydrogen-bond donors (Lipinski definition) is 7. The predicted octanol–water partition coefficient (Wildman–Crippen LogP) is 1.84. The Labute approximate surface area is 240 Å². The highest BCUT2D eigenvalue weighted by molar-refractivity contribution is 5.94. The topological polar surface area (TPSA) is 191 Å². The van der Waals surface area contributed by atoms with Gasteiger partial charge in [0, 0.05) is 12.8 Å². The first-order valence-corrected chi connectivity index (χ1v) is 13.8. The first-order valence-electron chi connectivity index (χ1n) is 13.8. The van der Waals surface area contributed by atoms with Gasteiger partial charge in [-0.15, -0.1) is 0 Å². The van der Waals surface area contributed by atoms with E-state index in [1.54, 1.807) is 24.3 Å². The lowest BCUT2D eigenvalue weighted by molar-refractivity contribution is -0.142. The third-order valence-electron chi connectivity index (χ3n) is 6.90. The van der Waals surface area contributed by atoms with Gasteiger partial charge in [0.2, 0.25) is 17.7 Å². The summed E-state index contributed by atoms with van der Waals surface area (Å²) in [4.78, 5) is 51.7. The molecule has 2 aromatic carbocycles. The van der Waals surface area contributed by atoms with Crippen molar-refractivity contribution < 1.29 is 34.5 Å². The van der Waals surface area contributed by atoms with Crippen molar-refractivity contribution in [2.24, 2.45) is 17.6 Å².